The second-order valence-corrected chi connectivity index (χ2v) is 5.74. The molecule has 0 spiro atoms. The van der Waals surface area contributed by atoms with Crippen molar-refractivity contribution in [3.05, 3.63) is 47.0 Å². The zero-order valence-electron chi connectivity index (χ0n) is 16.0. The van der Waals surface area contributed by atoms with Crippen molar-refractivity contribution >= 4 is 29.9 Å². The van der Waals surface area contributed by atoms with Gasteiger partial charge in [-0.2, -0.15) is 5.10 Å². The molecule has 0 aliphatic carbocycles. The highest BCUT2D eigenvalue weighted by molar-refractivity contribution is 14.0. The van der Waals surface area contributed by atoms with E-state index in [1.807, 2.05) is 29.8 Å². The molecule has 0 aliphatic rings. The number of aryl methyl sites for hydroxylation is 1. The molecule has 7 nitrogen and oxygen atoms in total. The third-order valence-electron chi connectivity index (χ3n) is 3.94. The molecule has 2 aromatic rings. The molecular weight excluding hydrogens is 443 g/mol. The molecule has 0 saturated heterocycles. The summed E-state index contributed by atoms with van der Waals surface area (Å²) in [5, 5.41) is 11.2. The first kappa shape index (κ1) is 22.4. The van der Waals surface area contributed by atoms with Crippen molar-refractivity contribution in [1.29, 1.82) is 0 Å². The largest absolute Gasteiger partial charge is 0.383 e. The molecule has 2 aromatic heterocycles. The minimum atomic E-state index is 0. The van der Waals surface area contributed by atoms with E-state index in [0.29, 0.717) is 19.7 Å². The Hall–Kier alpha value is -1.68. The SMILES string of the molecule is CCNC(=NCc1c(C)nn(CCOC)c1C)NCc1ccccn1.I. The van der Waals surface area contributed by atoms with Crippen molar-refractivity contribution in [2.45, 2.75) is 40.4 Å². The standard InChI is InChI=1S/C18H28N6O.HI/c1-5-19-18(21-12-16-8-6-7-9-20-16)22-13-17-14(2)23-24(15(17)3)10-11-25-4;/h6-9H,5,10-13H2,1-4H3,(H2,19,21,22);1H. The highest BCUT2D eigenvalue weighted by Gasteiger charge is 2.11. The van der Waals surface area contributed by atoms with Crippen molar-refractivity contribution in [3.63, 3.8) is 0 Å². The van der Waals surface area contributed by atoms with E-state index in [1.54, 1.807) is 13.3 Å². The van der Waals surface area contributed by atoms with Crippen LogP contribution in [0.1, 0.15) is 29.6 Å². The zero-order valence-corrected chi connectivity index (χ0v) is 18.3. The van der Waals surface area contributed by atoms with Crippen LogP contribution in [0.2, 0.25) is 0 Å². The molecule has 0 saturated carbocycles. The number of nitrogens with zero attached hydrogens (tertiary/aromatic N) is 4. The second-order valence-electron chi connectivity index (χ2n) is 5.74. The van der Waals surface area contributed by atoms with Gasteiger partial charge in [0.15, 0.2) is 5.96 Å². The molecular formula is C18H29IN6O. The number of pyridine rings is 1. The van der Waals surface area contributed by atoms with Crippen molar-refractivity contribution in [1.82, 2.24) is 25.4 Å². The molecule has 0 unspecified atom stereocenters. The summed E-state index contributed by atoms with van der Waals surface area (Å²) in [6.45, 7) is 9.59. The van der Waals surface area contributed by atoms with Crippen molar-refractivity contribution < 1.29 is 4.74 Å². The highest BCUT2D eigenvalue weighted by atomic mass is 127. The van der Waals surface area contributed by atoms with Crippen LogP contribution in [0.5, 0.6) is 0 Å². The molecule has 8 heteroatoms. The van der Waals surface area contributed by atoms with Crippen molar-refractivity contribution in [2.75, 3.05) is 20.3 Å². The van der Waals surface area contributed by atoms with Gasteiger partial charge in [0.2, 0.25) is 0 Å². The Labute approximate surface area is 172 Å². The summed E-state index contributed by atoms with van der Waals surface area (Å²) < 4.78 is 7.12. The molecule has 0 bridgehead atoms. The zero-order chi connectivity index (χ0) is 18.1. The van der Waals surface area contributed by atoms with E-state index < -0.39 is 0 Å². The van der Waals surface area contributed by atoms with E-state index in [1.165, 1.54) is 0 Å². The molecule has 2 heterocycles. The predicted octanol–water partition coefficient (Wildman–Crippen LogP) is 2.41. The van der Waals surface area contributed by atoms with Crippen LogP contribution in [-0.4, -0.2) is 41.0 Å². The number of guanidine groups is 1. The summed E-state index contributed by atoms with van der Waals surface area (Å²) in [4.78, 5) is 9.01. The third kappa shape index (κ3) is 6.56. The fraction of sp³-hybridized carbons (Fsp3) is 0.500. The first-order valence-corrected chi connectivity index (χ1v) is 8.59. The number of aliphatic imine (C=N–C) groups is 1. The number of nitrogens with one attached hydrogen (secondary N) is 2. The summed E-state index contributed by atoms with van der Waals surface area (Å²) in [7, 11) is 1.70. The Kier molecular flexibility index (Phi) is 10.2. The molecule has 0 aromatic carbocycles. The van der Waals surface area contributed by atoms with E-state index in [-0.39, 0.29) is 24.0 Å². The maximum absolute atomic E-state index is 5.14. The number of hydrogen-bond donors (Lipinski definition) is 2. The van der Waals surface area contributed by atoms with Gasteiger partial charge in [-0.1, -0.05) is 6.07 Å². The van der Waals surface area contributed by atoms with Crippen molar-refractivity contribution in [2.24, 2.45) is 4.99 Å². The lowest BCUT2D eigenvalue weighted by molar-refractivity contribution is 0.182. The average molecular weight is 472 g/mol. The average Bonchev–Trinajstić information content (AvgIpc) is 2.90. The topological polar surface area (TPSA) is 76.4 Å². The van der Waals surface area contributed by atoms with Crippen LogP contribution in [0.3, 0.4) is 0 Å². The number of halogens is 1. The lowest BCUT2D eigenvalue weighted by atomic mass is 10.2. The van der Waals surface area contributed by atoms with Gasteiger partial charge in [-0.3, -0.25) is 9.67 Å². The van der Waals surface area contributed by atoms with Gasteiger partial charge in [0.1, 0.15) is 0 Å². The van der Waals surface area contributed by atoms with Gasteiger partial charge in [0, 0.05) is 31.1 Å². The number of methoxy groups -OCH3 is 1. The smallest absolute Gasteiger partial charge is 0.191 e. The number of hydrogen-bond acceptors (Lipinski definition) is 4. The van der Waals surface area contributed by atoms with E-state index >= 15 is 0 Å². The highest BCUT2D eigenvalue weighted by Crippen LogP contribution is 2.14. The minimum absolute atomic E-state index is 0. The van der Waals surface area contributed by atoms with Crippen LogP contribution in [0.4, 0.5) is 0 Å². The van der Waals surface area contributed by atoms with Gasteiger partial charge in [0.05, 0.1) is 37.6 Å². The van der Waals surface area contributed by atoms with Gasteiger partial charge in [-0.25, -0.2) is 4.99 Å². The first-order chi connectivity index (χ1) is 12.2. The lowest BCUT2D eigenvalue weighted by Crippen LogP contribution is -2.37. The summed E-state index contributed by atoms with van der Waals surface area (Å²) in [5.41, 5.74) is 4.29. The number of rotatable bonds is 8. The van der Waals surface area contributed by atoms with Gasteiger partial charge in [-0.05, 0) is 32.9 Å². The summed E-state index contributed by atoms with van der Waals surface area (Å²) >= 11 is 0. The van der Waals surface area contributed by atoms with Crippen LogP contribution in [-0.2, 0) is 24.4 Å². The second kappa shape index (κ2) is 11.8. The number of ether oxygens (including phenoxy) is 1. The Bertz CT molecular complexity index is 686. The summed E-state index contributed by atoms with van der Waals surface area (Å²) in [6.07, 6.45) is 1.79. The number of aromatic nitrogens is 3. The van der Waals surface area contributed by atoms with E-state index in [2.05, 4.69) is 34.6 Å². The molecule has 26 heavy (non-hydrogen) atoms. The Morgan fingerprint density at radius 3 is 2.73 bits per heavy atom. The third-order valence-corrected chi connectivity index (χ3v) is 3.94. The van der Waals surface area contributed by atoms with Crippen LogP contribution in [0, 0.1) is 13.8 Å². The van der Waals surface area contributed by atoms with E-state index in [4.69, 9.17) is 9.73 Å². The van der Waals surface area contributed by atoms with Gasteiger partial charge >= 0.3 is 0 Å². The van der Waals surface area contributed by atoms with Gasteiger partial charge < -0.3 is 15.4 Å². The predicted molar refractivity (Wildman–Crippen MR) is 115 cm³/mol. The lowest BCUT2D eigenvalue weighted by Gasteiger charge is -2.11. The Morgan fingerprint density at radius 1 is 1.27 bits per heavy atom. The summed E-state index contributed by atoms with van der Waals surface area (Å²) in [6, 6.07) is 5.88. The molecule has 144 valence electrons. The molecule has 2 N–H and O–H groups in total. The fourth-order valence-corrected chi connectivity index (χ4v) is 2.54. The van der Waals surface area contributed by atoms with Gasteiger partial charge in [0.25, 0.3) is 0 Å². The Balaban J connectivity index is 0.00000338. The van der Waals surface area contributed by atoms with Crippen LogP contribution in [0.15, 0.2) is 29.4 Å². The maximum atomic E-state index is 5.14. The van der Waals surface area contributed by atoms with Gasteiger partial charge in [-0.15, -0.1) is 24.0 Å². The fourth-order valence-electron chi connectivity index (χ4n) is 2.54. The monoisotopic (exact) mass is 472 g/mol. The molecule has 0 aliphatic heterocycles. The molecule has 0 amide bonds. The quantitative estimate of drug-likeness (QED) is 0.351. The van der Waals surface area contributed by atoms with E-state index in [9.17, 15) is 0 Å². The van der Waals surface area contributed by atoms with Crippen LogP contribution >= 0.6 is 24.0 Å². The molecule has 2 rings (SSSR count). The van der Waals surface area contributed by atoms with Crippen molar-refractivity contribution in [3.8, 4) is 0 Å². The molecule has 0 atom stereocenters. The normalized spacial score (nSPS) is 11.2. The minimum Gasteiger partial charge on any atom is -0.383 e. The maximum Gasteiger partial charge on any atom is 0.191 e. The van der Waals surface area contributed by atoms with E-state index in [0.717, 1.165) is 41.7 Å². The summed E-state index contributed by atoms with van der Waals surface area (Å²) in [5.74, 6) is 0.775. The van der Waals surface area contributed by atoms with Crippen LogP contribution < -0.4 is 10.6 Å². The molecule has 0 radical (unpaired) electrons. The first-order valence-electron chi connectivity index (χ1n) is 8.59. The molecule has 0 fully saturated rings. The Morgan fingerprint density at radius 2 is 2.08 bits per heavy atom. The van der Waals surface area contributed by atoms with Crippen LogP contribution in [0.25, 0.3) is 0 Å².